The molecule has 3 aromatic rings. The summed E-state index contributed by atoms with van der Waals surface area (Å²) in [5, 5.41) is 8.73. The zero-order valence-electron chi connectivity index (χ0n) is 18.6. The summed E-state index contributed by atoms with van der Waals surface area (Å²) in [5.74, 6) is 1.48. The normalized spacial score (nSPS) is 17.5. The molecule has 3 aliphatic heterocycles. The Labute approximate surface area is 196 Å². The second kappa shape index (κ2) is 7.91. The molecule has 6 rings (SSSR count). The lowest BCUT2D eigenvalue weighted by atomic mass is 9.98. The summed E-state index contributed by atoms with van der Waals surface area (Å²) in [7, 11) is 1.84. The van der Waals surface area contributed by atoms with E-state index in [2.05, 4.69) is 26.3 Å². The quantitative estimate of drug-likeness (QED) is 0.642. The minimum Gasteiger partial charge on any atom is -0.363 e. The Morgan fingerprint density at radius 1 is 1.03 bits per heavy atom. The molecule has 33 heavy (non-hydrogen) atoms. The molecule has 0 atom stereocenters. The Morgan fingerprint density at radius 3 is 2.73 bits per heavy atom. The SMILES string of the molecule is CN1CCc2cc(N3CCn4nc(NC(=O)c5ccc(N6CCCC6)s5)cc43)ccc2C1=O. The van der Waals surface area contributed by atoms with E-state index in [1.54, 1.807) is 4.90 Å². The number of carbonyl (C=O) groups is 2. The first-order chi connectivity index (χ1) is 16.1. The highest BCUT2D eigenvalue weighted by Crippen LogP contribution is 2.35. The van der Waals surface area contributed by atoms with Gasteiger partial charge in [-0.3, -0.25) is 9.59 Å². The highest BCUT2D eigenvalue weighted by Gasteiger charge is 2.27. The minimum atomic E-state index is -0.120. The highest BCUT2D eigenvalue weighted by molar-refractivity contribution is 7.18. The van der Waals surface area contributed by atoms with E-state index >= 15 is 0 Å². The van der Waals surface area contributed by atoms with Gasteiger partial charge in [0.25, 0.3) is 11.8 Å². The molecule has 1 saturated heterocycles. The van der Waals surface area contributed by atoms with Gasteiger partial charge >= 0.3 is 0 Å². The molecule has 0 bridgehead atoms. The van der Waals surface area contributed by atoms with Crippen LogP contribution in [0.4, 0.5) is 22.3 Å². The number of fused-ring (bicyclic) bond motifs is 2. The third-order valence-electron chi connectivity index (χ3n) is 6.74. The summed E-state index contributed by atoms with van der Waals surface area (Å²) >= 11 is 1.54. The Bertz CT molecular complexity index is 1240. The van der Waals surface area contributed by atoms with E-state index in [-0.39, 0.29) is 11.8 Å². The summed E-state index contributed by atoms with van der Waals surface area (Å²) in [6.45, 7) is 4.44. The number of aromatic nitrogens is 2. The zero-order valence-corrected chi connectivity index (χ0v) is 19.4. The molecule has 2 aromatic heterocycles. The van der Waals surface area contributed by atoms with Crippen molar-refractivity contribution in [2.45, 2.75) is 25.8 Å². The van der Waals surface area contributed by atoms with Crippen molar-refractivity contribution in [3.8, 4) is 0 Å². The summed E-state index contributed by atoms with van der Waals surface area (Å²) in [6, 6.07) is 11.9. The van der Waals surface area contributed by atoms with Crippen LogP contribution in [0.25, 0.3) is 0 Å². The predicted molar refractivity (Wildman–Crippen MR) is 130 cm³/mol. The minimum absolute atomic E-state index is 0.0840. The fourth-order valence-corrected chi connectivity index (χ4v) is 5.87. The second-order valence-electron chi connectivity index (χ2n) is 8.87. The van der Waals surface area contributed by atoms with Gasteiger partial charge in [-0.15, -0.1) is 11.3 Å². The Balaban J connectivity index is 1.19. The number of hydrogen-bond acceptors (Lipinski definition) is 6. The van der Waals surface area contributed by atoms with Crippen LogP contribution in [0, 0.1) is 0 Å². The van der Waals surface area contributed by atoms with Crippen molar-refractivity contribution in [3.63, 3.8) is 0 Å². The van der Waals surface area contributed by atoms with Crippen molar-refractivity contribution in [3.05, 3.63) is 52.4 Å². The molecular formula is C24H26N6O2S. The second-order valence-corrected chi connectivity index (χ2v) is 9.93. The lowest BCUT2D eigenvalue weighted by Gasteiger charge is -2.26. The Hall–Kier alpha value is -3.33. The molecule has 8 nitrogen and oxygen atoms in total. The van der Waals surface area contributed by atoms with Crippen molar-refractivity contribution in [2.75, 3.05) is 48.3 Å². The van der Waals surface area contributed by atoms with Gasteiger partial charge in [0.05, 0.1) is 16.4 Å². The van der Waals surface area contributed by atoms with Crippen LogP contribution < -0.4 is 15.1 Å². The Morgan fingerprint density at radius 2 is 1.88 bits per heavy atom. The topological polar surface area (TPSA) is 73.7 Å². The zero-order chi connectivity index (χ0) is 22.5. The lowest BCUT2D eigenvalue weighted by Crippen LogP contribution is -2.34. The van der Waals surface area contributed by atoms with E-state index in [9.17, 15) is 9.59 Å². The number of hydrogen-bond donors (Lipinski definition) is 1. The first-order valence-electron chi connectivity index (χ1n) is 11.5. The number of nitrogens with one attached hydrogen (secondary N) is 1. The van der Waals surface area contributed by atoms with Gasteiger partial charge in [-0.1, -0.05) is 0 Å². The van der Waals surface area contributed by atoms with Crippen LogP contribution in [0.15, 0.2) is 36.4 Å². The van der Waals surface area contributed by atoms with Gasteiger partial charge in [0.1, 0.15) is 5.82 Å². The van der Waals surface area contributed by atoms with Crippen molar-refractivity contribution in [1.82, 2.24) is 14.7 Å². The molecule has 0 spiro atoms. The van der Waals surface area contributed by atoms with Crippen LogP contribution in [-0.4, -0.2) is 59.7 Å². The van der Waals surface area contributed by atoms with Gasteiger partial charge in [-0.05, 0) is 55.2 Å². The average molecular weight is 463 g/mol. The molecule has 9 heteroatoms. The van der Waals surface area contributed by atoms with E-state index in [0.29, 0.717) is 10.7 Å². The van der Waals surface area contributed by atoms with Crippen molar-refractivity contribution < 1.29 is 9.59 Å². The number of amides is 2. The molecule has 1 aromatic carbocycles. The molecule has 1 fully saturated rings. The molecule has 0 radical (unpaired) electrons. The summed E-state index contributed by atoms with van der Waals surface area (Å²) in [4.78, 5) is 32.2. The number of nitrogens with zero attached hydrogens (tertiary/aromatic N) is 5. The number of rotatable bonds is 4. The van der Waals surface area contributed by atoms with E-state index in [1.165, 1.54) is 24.2 Å². The molecule has 3 aliphatic rings. The van der Waals surface area contributed by atoms with Crippen LogP contribution in [0.3, 0.4) is 0 Å². The average Bonchev–Trinajstić information content (AvgIpc) is 3.60. The first-order valence-corrected chi connectivity index (χ1v) is 12.3. The van der Waals surface area contributed by atoms with E-state index in [4.69, 9.17) is 0 Å². The van der Waals surface area contributed by atoms with Crippen LogP contribution in [0.1, 0.15) is 38.4 Å². The molecule has 5 heterocycles. The number of thiophene rings is 1. The van der Waals surface area contributed by atoms with Crippen LogP contribution >= 0.6 is 11.3 Å². The number of benzene rings is 1. The number of likely N-dealkylation sites (N-methyl/N-ethyl adjacent to an activating group) is 1. The first kappa shape index (κ1) is 20.3. The molecule has 0 unspecified atom stereocenters. The van der Waals surface area contributed by atoms with Crippen LogP contribution in [0.2, 0.25) is 0 Å². The smallest absolute Gasteiger partial charge is 0.267 e. The highest BCUT2D eigenvalue weighted by atomic mass is 32.1. The third-order valence-corrected chi connectivity index (χ3v) is 7.88. The number of anilines is 4. The van der Waals surface area contributed by atoms with Crippen LogP contribution in [0.5, 0.6) is 0 Å². The summed E-state index contributed by atoms with van der Waals surface area (Å²) in [6.07, 6.45) is 3.29. The fraction of sp³-hybridized carbons (Fsp3) is 0.375. The maximum atomic E-state index is 12.8. The monoisotopic (exact) mass is 462 g/mol. The predicted octanol–water partition coefficient (Wildman–Crippen LogP) is 3.58. The van der Waals surface area contributed by atoms with Gasteiger partial charge in [-0.2, -0.15) is 5.10 Å². The van der Waals surface area contributed by atoms with E-state index in [1.807, 2.05) is 42.1 Å². The molecular weight excluding hydrogens is 436 g/mol. The van der Waals surface area contributed by atoms with Gasteiger partial charge < -0.3 is 20.0 Å². The molecule has 170 valence electrons. The fourth-order valence-electron chi connectivity index (χ4n) is 4.91. The third kappa shape index (κ3) is 3.56. The maximum Gasteiger partial charge on any atom is 0.267 e. The summed E-state index contributed by atoms with van der Waals surface area (Å²) < 4.78 is 1.93. The van der Waals surface area contributed by atoms with E-state index < -0.39 is 0 Å². The Kier molecular flexibility index (Phi) is 4.86. The van der Waals surface area contributed by atoms with Gasteiger partial charge in [0.2, 0.25) is 0 Å². The molecule has 0 saturated carbocycles. The van der Waals surface area contributed by atoms with Crippen molar-refractivity contribution >= 4 is 45.5 Å². The van der Waals surface area contributed by atoms with Gasteiger partial charge in [0.15, 0.2) is 5.82 Å². The standard InChI is InChI=1S/C24H26N6O2S/c1-27-11-8-16-14-17(4-5-18(16)24(27)32)29-12-13-30-21(29)15-20(26-30)25-23(31)19-6-7-22(33-19)28-9-2-3-10-28/h4-7,14-15H,2-3,8-13H2,1H3,(H,25,26,31). The summed E-state index contributed by atoms with van der Waals surface area (Å²) in [5.41, 5.74) is 2.93. The van der Waals surface area contributed by atoms with Crippen molar-refractivity contribution in [1.29, 1.82) is 0 Å². The van der Waals surface area contributed by atoms with Gasteiger partial charge in [-0.25, -0.2) is 4.68 Å². The van der Waals surface area contributed by atoms with Crippen LogP contribution in [-0.2, 0) is 13.0 Å². The van der Waals surface area contributed by atoms with E-state index in [0.717, 1.165) is 66.8 Å². The van der Waals surface area contributed by atoms with Gasteiger partial charge in [0, 0.05) is 50.5 Å². The molecule has 0 aliphatic carbocycles. The maximum absolute atomic E-state index is 12.8. The number of carbonyl (C=O) groups excluding carboxylic acids is 2. The molecule has 2 amide bonds. The lowest BCUT2D eigenvalue weighted by molar-refractivity contribution is 0.0780. The van der Waals surface area contributed by atoms with Crippen molar-refractivity contribution in [2.24, 2.45) is 0 Å². The largest absolute Gasteiger partial charge is 0.363 e. The molecule has 1 N–H and O–H groups in total.